The van der Waals surface area contributed by atoms with Crippen LogP contribution < -0.4 is 5.32 Å². The normalized spacial score (nSPS) is 14.8. The van der Waals surface area contributed by atoms with Crippen molar-refractivity contribution in [3.05, 3.63) is 28.6 Å². The van der Waals surface area contributed by atoms with Gasteiger partial charge in [-0.1, -0.05) is 25.5 Å². The van der Waals surface area contributed by atoms with E-state index >= 15 is 0 Å². The van der Waals surface area contributed by atoms with Crippen LogP contribution in [0.25, 0.3) is 0 Å². The molecule has 1 heterocycles. The van der Waals surface area contributed by atoms with Crippen LogP contribution in [-0.2, 0) is 17.8 Å². The van der Waals surface area contributed by atoms with Crippen LogP contribution in [0.3, 0.4) is 0 Å². The van der Waals surface area contributed by atoms with Gasteiger partial charge in [-0.3, -0.25) is 9.48 Å². The number of rotatable bonds is 8. The van der Waals surface area contributed by atoms with Gasteiger partial charge in [-0.25, -0.2) is 0 Å². The largest absolute Gasteiger partial charge is 0.356 e. The SMILES string of the molecule is Cc1nn(CC(C)C)c(C)c1CCC(=O)NCCC1=CCCCC1. The molecule has 0 saturated carbocycles. The van der Waals surface area contributed by atoms with Crippen molar-refractivity contribution in [2.75, 3.05) is 6.54 Å². The highest BCUT2D eigenvalue weighted by molar-refractivity contribution is 5.76. The molecular formula is C20H33N3O. The molecule has 0 unspecified atom stereocenters. The van der Waals surface area contributed by atoms with Gasteiger partial charge in [0.25, 0.3) is 0 Å². The van der Waals surface area contributed by atoms with E-state index in [0.717, 1.165) is 31.6 Å². The summed E-state index contributed by atoms with van der Waals surface area (Å²) < 4.78 is 2.09. The van der Waals surface area contributed by atoms with Crippen LogP contribution in [0.2, 0.25) is 0 Å². The smallest absolute Gasteiger partial charge is 0.220 e. The van der Waals surface area contributed by atoms with Crippen molar-refractivity contribution >= 4 is 5.91 Å². The number of nitrogens with one attached hydrogen (secondary N) is 1. The van der Waals surface area contributed by atoms with E-state index in [-0.39, 0.29) is 5.91 Å². The second kappa shape index (κ2) is 9.05. The molecule has 0 spiro atoms. The number of nitrogens with zero attached hydrogens (tertiary/aromatic N) is 2. The lowest BCUT2D eigenvalue weighted by atomic mass is 9.97. The first-order chi connectivity index (χ1) is 11.5. The maximum atomic E-state index is 12.1. The molecule has 0 atom stereocenters. The van der Waals surface area contributed by atoms with Gasteiger partial charge in [0.05, 0.1) is 5.69 Å². The molecule has 4 heteroatoms. The second-order valence-corrected chi connectivity index (χ2v) is 7.43. The topological polar surface area (TPSA) is 46.9 Å². The van der Waals surface area contributed by atoms with Crippen LogP contribution in [0.4, 0.5) is 0 Å². The summed E-state index contributed by atoms with van der Waals surface area (Å²) in [7, 11) is 0. The molecule has 4 nitrogen and oxygen atoms in total. The highest BCUT2D eigenvalue weighted by Crippen LogP contribution is 2.19. The molecule has 1 aliphatic rings. The molecule has 2 rings (SSSR count). The molecule has 0 aromatic carbocycles. The minimum Gasteiger partial charge on any atom is -0.356 e. The van der Waals surface area contributed by atoms with Gasteiger partial charge in [0.2, 0.25) is 5.91 Å². The number of hydrogen-bond donors (Lipinski definition) is 1. The zero-order valence-electron chi connectivity index (χ0n) is 15.8. The number of aryl methyl sites for hydroxylation is 1. The Hall–Kier alpha value is -1.58. The van der Waals surface area contributed by atoms with Crippen LogP contribution in [0.5, 0.6) is 0 Å². The quantitative estimate of drug-likeness (QED) is 0.729. The van der Waals surface area contributed by atoms with Crippen molar-refractivity contribution in [2.24, 2.45) is 5.92 Å². The molecule has 1 aliphatic carbocycles. The number of amides is 1. The molecule has 0 radical (unpaired) electrons. The zero-order valence-corrected chi connectivity index (χ0v) is 15.8. The second-order valence-electron chi connectivity index (χ2n) is 7.43. The minimum absolute atomic E-state index is 0.154. The first-order valence-corrected chi connectivity index (χ1v) is 9.45. The van der Waals surface area contributed by atoms with E-state index in [1.165, 1.54) is 42.5 Å². The molecule has 1 aromatic heterocycles. The molecule has 134 valence electrons. The molecular weight excluding hydrogens is 298 g/mol. The molecule has 0 aliphatic heterocycles. The number of hydrogen-bond acceptors (Lipinski definition) is 2. The van der Waals surface area contributed by atoms with Gasteiger partial charge >= 0.3 is 0 Å². The first kappa shape index (κ1) is 18.8. The average Bonchev–Trinajstić information content (AvgIpc) is 2.80. The summed E-state index contributed by atoms with van der Waals surface area (Å²) in [5.74, 6) is 0.732. The molecule has 1 amide bonds. The van der Waals surface area contributed by atoms with Crippen molar-refractivity contribution in [3.8, 4) is 0 Å². The van der Waals surface area contributed by atoms with Crippen molar-refractivity contribution in [2.45, 2.75) is 79.2 Å². The van der Waals surface area contributed by atoms with Crippen molar-refractivity contribution < 1.29 is 4.79 Å². The van der Waals surface area contributed by atoms with Crippen LogP contribution >= 0.6 is 0 Å². The van der Waals surface area contributed by atoms with E-state index in [4.69, 9.17) is 0 Å². The van der Waals surface area contributed by atoms with Gasteiger partial charge in [0, 0.05) is 25.2 Å². The third-order valence-electron chi connectivity index (χ3n) is 4.82. The highest BCUT2D eigenvalue weighted by atomic mass is 16.1. The fourth-order valence-electron chi connectivity index (χ4n) is 3.44. The van der Waals surface area contributed by atoms with E-state index in [1.807, 2.05) is 6.92 Å². The van der Waals surface area contributed by atoms with Crippen molar-refractivity contribution in [1.29, 1.82) is 0 Å². The Labute approximate surface area is 146 Å². The predicted molar refractivity (Wildman–Crippen MR) is 99.0 cm³/mol. The maximum absolute atomic E-state index is 12.1. The lowest BCUT2D eigenvalue weighted by Gasteiger charge is -2.13. The van der Waals surface area contributed by atoms with E-state index in [0.29, 0.717) is 12.3 Å². The van der Waals surface area contributed by atoms with Crippen molar-refractivity contribution in [1.82, 2.24) is 15.1 Å². The van der Waals surface area contributed by atoms with Crippen LogP contribution in [0, 0.1) is 19.8 Å². The van der Waals surface area contributed by atoms with Gasteiger partial charge < -0.3 is 5.32 Å². The van der Waals surface area contributed by atoms with Crippen molar-refractivity contribution in [3.63, 3.8) is 0 Å². The number of aromatic nitrogens is 2. The third kappa shape index (κ3) is 5.50. The Morgan fingerprint density at radius 1 is 1.29 bits per heavy atom. The number of carbonyl (C=O) groups excluding carboxylic acids is 1. The Balaban J connectivity index is 1.77. The molecule has 0 bridgehead atoms. The molecule has 0 fully saturated rings. The first-order valence-electron chi connectivity index (χ1n) is 9.45. The van der Waals surface area contributed by atoms with Crippen LogP contribution in [0.1, 0.15) is 69.3 Å². The summed E-state index contributed by atoms with van der Waals surface area (Å²) in [6.45, 7) is 10.3. The third-order valence-corrected chi connectivity index (χ3v) is 4.82. The standard InChI is InChI=1S/C20H33N3O/c1-15(2)14-23-17(4)19(16(3)22-23)10-11-20(24)21-13-12-18-8-6-5-7-9-18/h8,15H,5-7,9-14H2,1-4H3,(H,21,24). The van der Waals surface area contributed by atoms with E-state index in [9.17, 15) is 4.79 Å². The Kier molecular flexibility index (Phi) is 7.07. The summed E-state index contributed by atoms with van der Waals surface area (Å²) in [6, 6.07) is 0. The Bertz CT molecular complexity index is 584. The fourth-order valence-corrected chi connectivity index (χ4v) is 3.44. The summed E-state index contributed by atoms with van der Waals surface area (Å²) >= 11 is 0. The monoisotopic (exact) mass is 331 g/mol. The summed E-state index contributed by atoms with van der Waals surface area (Å²) in [5.41, 5.74) is 5.03. The molecule has 0 saturated heterocycles. The van der Waals surface area contributed by atoms with Gasteiger partial charge in [-0.2, -0.15) is 5.10 Å². The van der Waals surface area contributed by atoms with E-state index in [1.54, 1.807) is 0 Å². The number of carbonyl (C=O) groups is 1. The molecule has 1 N–H and O–H groups in total. The van der Waals surface area contributed by atoms with Gasteiger partial charge in [-0.15, -0.1) is 0 Å². The fraction of sp³-hybridized carbons (Fsp3) is 0.700. The number of allylic oxidation sites excluding steroid dienone is 1. The predicted octanol–water partition coefficient (Wildman–Crippen LogP) is 4.10. The lowest BCUT2D eigenvalue weighted by molar-refractivity contribution is -0.121. The highest BCUT2D eigenvalue weighted by Gasteiger charge is 2.13. The summed E-state index contributed by atoms with van der Waals surface area (Å²) in [5, 5.41) is 7.70. The maximum Gasteiger partial charge on any atom is 0.220 e. The van der Waals surface area contributed by atoms with E-state index < -0.39 is 0 Å². The Morgan fingerprint density at radius 3 is 2.75 bits per heavy atom. The Morgan fingerprint density at radius 2 is 2.08 bits per heavy atom. The van der Waals surface area contributed by atoms with Gasteiger partial charge in [0.1, 0.15) is 0 Å². The van der Waals surface area contributed by atoms with Gasteiger partial charge in [0.15, 0.2) is 0 Å². The zero-order chi connectivity index (χ0) is 17.5. The van der Waals surface area contributed by atoms with Crippen LogP contribution in [0.15, 0.2) is 11.6 Å². The van der Waals surface area contributed by atoms with E-state index in [2.05, 4.69) is 41.9 Å². The molecule has 1 aromatic rings. The average molecular weight is 332 g/mol. The molecule has 24 heavy (non-hydrogen) atoms. The van der Waals surface area contributed by atoms with Gasteiger partial charge in [-0.05, 0) is 63.9 Å². The summed E-state index contributed by atoms with van der Waals surface area (Å²) in [6.07, 6.45) is 9.74. The summed E-state index contributed by atoms with van der Waals surface area (Å²) in [4.78, 5) is 12.1. The van der Waals surface area contributed by atoms with Crippen LogP contribution in [-0.4, -0.2) is 22.2 Å². The lowest BCUT2D eigenvalue weighted by Crippen LogP contribution is -2.25. The minimum atomic E-state index is 0.154.